The Morgan fingerprint density at radius 2 is 1.77 bits per heavy atom. The van der Waals surface area contributed by atoms with Crippen LogP contribution in [0.25, 0.3) is 16.6 Å². The lowest BCUT2D eigenvalue weighted by atomic mass is 10.1. The monoisotopic (exact) mass is 433 g/mol. The lowest BCUT2D eigenvalue weighted by Crippen LogP contribution is -2.25. The molecule has 3 aromatic rings. The van der Waals surface area contributed by atoms with Gasteiger partial charge in [-0.25, -0.2) is 4.98 Å². The molecule has 0 saturated heterocycles. The van der Waals surface area contributed by atoms with Crippen LogP contribution >= 0.6 is 11.3 Å². The number of nitrogens with one attached hydrogen (secondary N) is 2. The molecule has 160 valence electrons. The Kier molecular flexibility index (Phi) is 8.12. The number of benzene rings is 2. The van der Waals surface area contributed by atoms with Crippen molar-refractivity contribution in [3.05, 3.63) is 82.9 Å². The van der Waals surface area contributed by atoms with Gasteiger partial charge in [-0.05, 0) is 36.1 Å². The number of rotatable bonds is 9. The number of carbonyl (C=O) groups is 2. The summed E-state index contributed by atoms with van der Waals surface area (Å²) < 4.78 is 0. The van der Waals surface area contributed by atoms with Gasteiger partial charge in [0.2, 0.25) is 5.91 Å². The Labute approximate surface area is 187 Å². The Balaban J connectivity index is 1.46. The molecule has 31 heavy (non-hydrogen) atoms. The van der Waals surface area contributed by atoms with E-state index in [0.29, 0.717) is 24.6 Å². The maximum Gasteiger partial charge on any atom is 0.251 e. The summed E-state index contributed by atoms with van der Waals surface area (Å²) in [6.07, 6.45) is 4.15. The van der Waals surface area contributed by atoms with Gasteiger partial charge in [0, 0.05) is 35.7 Å². The van der Waals surface area contributed by atoms with E-state index in [1.807, 2.05) is 47.8 Å². The zero-order chi connectivity index (χ0) is 22.1. The SMILES string of the molecule is CC(C)CCNC(=O)c1ccc(CNC(=O)/C=C/c2csc(-c3ccccc3)n2)cc1. The van der Waals surface area contributed by atoms with Crippen molar-refractivity contribution in [2.24, 2.45) is 5.92 Å². The van der Waals surface area contributed by atoms with Crippen molar-refractivity contribution in [1.82, 2.24) is 15.6 Å². The van der Waals surface area contributed by atoms with E-state index in [4.69, 9.17) is 0 Å². The van der Waals surface area contributed by atoms with Gasteiger partial charge in [-0.1, -0.05) is 56.3 Å². The molecular weight excluding hydrogens is 406 g/mol. The Bertz CT molecular complexity index is 1020. The summed E-state index contributed by atoms with van der Waals surface area (Å²) in [5, 5.41) is 8.63. The third-order valence-corrected chi connectivity index (χ3v) is 5.55. The largest absolute Gasteiger partial charge is 0.352 e. The van der Waals surface area contributed by atoms with E-state index in [0.717, 1.165) is 28.2 Å². The summed E-state index contributed by atoms with van der Waals surface area (Å²) in [7, 11) is 0. The van der Waals surface area contributed by atoms with Crippen LogP contribution in [0.5, 0.6) is 0 Å². The van der Waals surface area contributed by atoms with Crippen LogP contribution < -0.4 is 10.6 Å². The summed E-state index contributed by atoms with van der Waals surface area (Å²) in [5.41, 5.74) is 3.37. The number of amides is 2. The fourth-order valence-electron chi connectivity index (χ4n) is 2.84. The molecule has 3 rings (SSSR count). The second-order valence-electron chi connectivity index (χ2n) is 7.63. The van der Waals surface area contributed by atoms with Gasteiger partial charge in [0.05, 0.1) is 5.69 Å². The molecule has 1 heterocycles. The number of hydrogen-bond acceptors (Lipinski definition) is 4. The van der Waals surface area contributed by atoms with Crippen molar-refractivity contribution in [1.29, 1.82) is 0 Å². The third-order valence-electron chi connectivity index (χ3n) is 4.64. The fourth-order valence-corrected chi connectivity index (χ4v) is 3.63. The van der Waals surface area contributed by atoms with E-state index >= 15 is 0 Å². The number of thiazole rings is 1. The van der Waals surface area contributed by atoms with E-state index in [1.54, 1.807) is 29.5 Å². The number of hydrogen-bond donors (Lipinski definition) is 2. The van der Waals surface area contributed by atoms with Crippen LogP contribution in [-0.4, -0.2) is 23.3 Å². The molecule has 6 heteroatoms. The van der Waals surface area contributed by atoms with E-state index in [2.05, 4.69) is 29.5 Å². The Hall–Kier alpha value is -3.25. The van der Waals surface area contributed by atoms with E-state index in [-0.39, 0.29) is 11.8 Å². The van der Waals surface area contributed by atoms with Gasteiger partial charge >= 0.3 is 0 Å². The minimum absolute atomic E-state index is 0.0719. The first kappa shape index (κ1) is 22.4. The first-order valence-electron chi connectivity index (χ1n) is 10.4. The van der Waals surface area contributed by atoms with Crippen molar-refractivity contribution < 1.29 is 9.59 Å². The van der Waals surface area contributed by atoms with Gasteiger partial charge in [0.15, 0.2) is 0 Å². The van der Waals surface area contributed by atoms with Crippen molar-refractivity contribution in [3.63, 3.8) is 0 Å². The van der Waals surface area contributed by atoms with Crippen LogP contribution in [0.2, 0.25) is 0 Å². The number of aromatic nitrogens is 1. The summed E-state index contributed by atoms with van der Waals surface area (Å²) in [5.74, 6) is 0.295. The fraction of sp³-hybridized carbons (Fsp3) is 0.240. The predicted octanol–water partition coefficient (Wildman–Crippen LogP) is 4.92. The molecule has 0 radical (unpaired) electrons. The molecule has 1 aromatic heterocycles. The highest BCUT2D eigenvalue weighted by Crippen LogP contribution is 2.23. The van der Waals surface area contributed by atoms with Crippen LogP contribution in [-0.2, 0) is 11.3 Å². The summed E-state index contributed by atoms with van der Waals surface area (Å²) in [4.78, 5) is 28.8. The van der Waals surface area contributed by atoms with Crippen molar-refractivity contribution in [2.45, 2.75) is 26.8 Å². The zero-order valence-electron chi connectivity index (χ0n) is 17.8. The molecule has 0 aliphatic carbocycles. The number of nitrogens with zero attached hydrogens (tertiary/aromatic N) is 1. The van der Waals surface area contributed by atoms with Crippen molar-refractivity contribution in [2.75, 3.05) is 6.54 Å². The smallest absolute Gasteiger partial charge is 0.251 e. The summed E-state index contributed by atoms with van der Waals surface area (Å²) >= 11 is 1.55. The molecule has 0 atom stereocenters. The highest BCUT2D eigenvalue weighted by Gasteiger charge is 2.06. The van der Waals surface area contributed by atoms with Gasteiger partial charge in [-0.15, -0.1) is 11.3 Å². The molecule has 0 saturated carbocycles. The summed E-state index contributed by atoms with van der Waals surface area (Å²) in [6, 6.07) is 17.2. The predicted molar refractivity (Wildman–Crippen MR) is 127 cm³/mol. The van der Waals surface area contributed by atoms with Gasteiger partial charge in [0.25, 0.3) is 5.91 Å². The minimum atomic E-state index is -0.190. The minimum Gasteiger partial charge on any atom is -0.352 e. The first-order chi connectivity index (χ1) is 15.0. The lowest BCUT2D eigenvalue weighted by molar-refractivity contribution is -0.116. The molecule has 0 spiro atoms. The molecule has 0 aliphatic heterocycles. The molecule has 2 amide bonds. The molecule has 0 unspecified atom stereocenters. The lowest BCUT2D eigenvalue weighted by Gasteiger charge is -2.08. The van der Waals surface area contributed by atoms with Gasteiger partial charge in [-0.2, -0.15) is 0 Å². The van der Waals surface area contributed by atoms with E-state index < -0.39 is 0 Å². The van der Waals surface area contributed by atoms with Crippen molar-refractivity contribution in [3.8, 4) is 10.6 Å². The van der Waals surface area contributed by atoms with E-state index in [9.17, 15) is 9.59 Å². The molecule has 5 nitrogen and oxygen atoms in total. The van der Waals surface area contributed by atoms with Crippen LogP contribution in [0.15, 0.2) is 66.1 Å². The second-order valence-corrected chi connectivity index (χ2v) is 8.49. The quantitative estimate of drug-likeness (QED) is 0.471. The van der Waals surface area contributed by atoms with Gasteiger partial charge in [-0.3, -0.25) is 9.59 Å². The van der Waals surface area contributed by atoms with Crippen LogP contribution in [0.1, 0.15) is 41.9 Å². The second kappa shape index (κ2) is 11.2. The highest BCUT2D eigenvalue weighted by molar-refractivity contribution is 7.13. The topological polar surface area (TPSA) is 71.1 Å². The van der Waals surface area contributed by atoms with Crippen LogP contribution in [0.4, 0.5) is 0 Å². The molecular formula is C25H27N3O2S. The van der Waals surface area contributed by atoms with E-state index in [1.165, 1.54) is 6.08 Å². The molecule has 0 aliphatic rings. The Morgan fingerprint density at radius 3 is 2.48 bits per heavy atom. The third kappa shape index (κ3) is 7.19. The molecule has 2 aromatic carbocycles. The average molecular weight is 434 g/mol. The standard InChI is InChI=1S/C25H27N3O2S/c1-18(2)14-15-26-24(30)20-10-8-19(9-11-20)16-27-23(29)13-12-22-17-31-25(28-22)21-6-4-3-5-7-21/h3-13,17-18H,14-16H2,1-2H3,(H,26,30)(H,27,29)/b13-12+. The maximum atomic E-state index is 12.1. The average Bonchev–Trinajstić information content (AvgIpc) is 3.26. The number of carbonyl (C=O) groups excluding carboxylic acids is 2. The normalized spacial score (nSPS) is 11.1. The van der Waals surface area contributed by atoms with Gasteiger partial charge < -0.3 is 10.6 Å². The van der Waals surface area contributed by atoms with Crippen LogP contribution in [0, 0.1) is 5.92 Å². The zero-order valence-corrected chi connectivity index (χ0v) is 18.6. The van der Waals surface area contributed by atoms with Crippen molar-refractivity contribution >= 4 is 29.2 Å². The van der Waals surface area contributed by atoms with Gasteiger partial charge in [0.1, 0.15) is 5.01 Å². The molecule has 0 bridgehead atoms. The Morgan fingerprint density at radius 1 is 1.03 bits per heavy atom. The summed E-state index contributed by atoms with van der Waals surface area (Å²) in [6.45, 7) is 5.32. The molecule has 0 fully saturated rings. The first-order valence-corrected chi connectivity index (χ1v) is 11.2. The van der Waals surface area contributed by atoms with Crippen LogP contribution in [0.3, 0.4) is 0 Å². The molecule has 2 N–H and O–H groups in total. The highest BCUT2D eigenvalue weighted by atomic mass is 32.1. The maximum absolute atomic E-state index is 12.1.